The highest BCUT2D eigenvalue weighted by atomic mass is 16.4. The average molecular weight is 813 g/mol. The minimum atomic E-state index is 0.774. The Kier molecular flexibility index (Phi) is 7.43. The van der Waals surface area contributed by atoms with Crippen LogP contribution in [-0.2, 0) is 0 Å². The summed E-state index contributed by atoms with van der Waals surface area (Å²) in [5.41, 5.74) is 12.8. The van der Waals surface area contributed by atoms with Crippen LogP contribution in [0.3, 0.4) is 0 Å². The van der Waals surface area contributed by atoms with Crippen LogP contribution in [0.1, 0.15) is 0 Å². The number of fused-ring (bicyclic) bond motifs is 14. The first kappa shape index (κ1) is 35.2. The molecule has 14 rings (SSSR count). The molecule has 0 bridgehead atoms. The molecule has 14 aromatic rings. The van der Waals surface area contributed by atoms with Crippen molar-refractivity contribution in [3.05, 3.63) is 218 Å². The van der Waals surface area contributed by atoms with Crippen LogP contribution < -0.4 is 0 Å². The third-order valence-corrected chi connectivity index (χ3v) is 13.6. The van der Waals surface area contributed by atoms with Gasteiger partial charge in [0.25, 0.3) is 0 Å². The molecule has 0 amide bonds. The Bertz CT molecular complexity index is 3840. The second kappa shape index (κ2) is 13.5. The van der Waals surface area contributed by atoms with Crippen LogP contribution in [0.15, 0.2) is 227 Å². The van der Waals surface area contributed by atoms with Gasteiger partial charge in [-0.15, -0.1) is 0 Å². The predicted octanol–water partition coefficient (Wildman–Crippen LogP) is 17.9. The largest absolute Gasteiger partial charge is 0.452 e. The Morgan fingerprint density at radius 2 is 0.469 bits per heavy atom. The van der Waals surface area contributed by atoms with Gasteiger partial charge < -0.3 is 8.83 Å². The highest BCUT2D eigenvalue weighted by Crippen LogP contribution is 2.49. The fourth-order valence-corrected chi connectivity index (χ4v) is 11.0. The maximum atomic E-state index is 7.07. The second-order valence-corrected chi connectivity index (χ2v) is 17.0. The summed E-state index contributed by atoms with van der Waals surface area (Å²) in [6.07, 6.45) is 0. The van der Waals surface area contributed by atoms with Gasteiger partial charge in [0.15, 0.2) is 11.2 Å². The van der Waals surface area contributed by atoms with Crippen molar-refractivity contribution in [3.8, 4) is 44.5 Å². The highest BCUT2D eigenvalue weighted by Gasteiger charge is 2.24. The van der Waals surface area contributed by atoms with Crippen molar-refractivity contribution in [3.63, 3.8) is 0 Å². The van der Waals surface area contributed by atoms with Gasteiger partial charge in [0.05, 0.1) is 0 Å². The summed E-state index contributed by atoms with van der Waals surface area (Å²) in [4.78, 5) is 0. The molecule has 0 N–H and O–H groups in total. The normalized spacial score (nSPS) is 12.1. The average Bonchev–Trinajstić information content (AvgIpc) is 3.94. The van der Waals surface area contributed by atoms with Crippen molar-refractivity contribution in [2.24, 2.45) is 0 Å². The molecule has 2 heteroatoms. The molecular weight excluding hydrogens is 777 g/mol. The molecule has 2 aromatic heterocycles. The summed E-state index contributed by atoms with van der Waals surface area (Å²) >= 11 is 0. The Labute approximate surface area is 367 Å². The lowest BCUT2D eigenvalue weighted by Gasteiger charge is -2.17. The first-order chi connectivity index (χ1) is 31.8. The van der Waals surface area contributed by atoms with E-state index in [1.165, 1.54) is 76.5 Å². The van der Waals surface area contributed by atoms with E-state index in [1.54, 1.807) is 0 Å². The van der Waals surface area contributed by atoms with Crippen molar-refractivity contribution < 1.29 is 8.83 Å². The van der Waals surface area contributed by atoms with Gasteiger partial charge in [-0.3, -0.25) is 0 Å². The van der Waals surface area contributed by atoms with Crippen LogP contribution in [0.2, 0.25) is 0 Å². The summed E-state index contributed by atoms with van der Waals surface area (Å²) in [6.45, 7) is 0. The van der Waals surface area contributed by atoms with Gasteiger partial charge >= 0.3 is 0 Å². The molecule has 0 unspecified atom stereocenters. The number of furan rings is 2. The molecule has 2 heterocycles. The predicted molar refractivity (Wildman–Crippen MR) is 270 cm³/mol. The minimum absolute atomic E-state index is 0.774. The van der Waals surface area contributed by atoms with Crippen molar-refractivity contribution in [2.45, 2.75) is 0 Å². The molecule has 0 fully saturated rings. The summed E-state index contributed by atoms with van der Waals surface area (Å²) < 4.78 is 14.1. The number of benzene rings is 12. The van der Waals surface area contributed by atoms with Crippen molar-refractivity contribution in [1.29, 1.82) is 0 Å². The SMILES string of the molecule is c1ccc(-c2c3ccccc3c(-c3ccc4c(c3)oc3c5oc6cc(-c7c8ccccc8c(-c8ccccc8)c8ccccc78)ccc6c5c5ccccc5c43)c3ccccc23)cc1. The summed E-state index contributed by atoms with van der Waals surface area (Å²) in [6, 6.07) is 79.0. The van der Waals surface area contributed by atoms with E-state index in [9.17, 15) is 0 Å². The Morgan fingerprint density at radius 3 is 0.781 bits per heavy atom. The number of rotatable bonds is 4. The van der Waals surface area contributed by atoms with Gasteiger partial charge in [0.1, 0.15) is 11.2 Å². The fraction of sp³-hybridized carbons (Fsp3) is 0. The van der Waals surface area contributed by atoms with Crippen molar-refractivity contribution in [1.82, 2.24) is 0 Å². The molecule has 0 saturated heterocycles. The van der Waals surface area contributed by atoms with Crippen LogP contribution in [0, 0.1) is 0 Å². The lowest BCUT2D eigenvalue weighted by atomic mass is 9.86. The molecule has 0 aliphatic carbocycles. The van der Waals surface area contributed by atoms with E-state index >= 15 is 0 Å². The Balaban J connectivity index is 1.01. The molecule has 2 nitrogen and oxygen atoms in total. The van der Waals surface area contributed by atoms with E-state index in [-0.39, 0.29) is 0 Å². The van der Waals surface area contributed by atoms with Gasteiger partial charge in [-0.25, -0.2) is 0 Å². The first-order valence-electron chi connectivity index (χ1n) is 22.0. The van der Waals surface area contributed by atoms with Gasteiger partial charge in [0.2, 0.25) is 0 Å². The molecule has 64 heavy (non-hydrogen) atoms. The third-order valence-electron chi connectivity index (χ3n) is 13.6. The van der Waals surface area contributed by atoms with Crippen molar-refractivity contribution in [2.75, 3.05) is 0 Å². The molecule has 296 valence electrons. The Hall–Kier alpha value is -8.46. The smallest absolute Gasteiger partial charge is 0.179 e. The molecule has 0 aliphatic heterocycles. The Morgan fingerprint density at radius 1 is 0.203 bits per heavy atom. The summed E-state index contributed by atoms with van der Waals surface area (Å²) in [5, 5.41) is 16.4. The maximum absolute atomic E-state index is 7.07. The third kappa shape index (κ3) is 4.96. The lowest BCUT2D eigenvalue weighted by molar-refractivity contribution is 0.634. The quantitative estimate of drug-likeness (QED) is 0.166. The molecule has 0 atom stereocenters. The molecular formula is C62H36O2. The van der Waals surface area contributed by atoms with Gasteiger partial charge in [-0.2, -0.15) is 0 Å². The number of hydrogen-bond acceptors (Lipinski definition) is 2. The van der Waals surface area contributed by atoms with E-state index in [4.69, 9.17) is 8.83 Å². The topological polar surface area (TPSA) is 26.3 Å². The van der Waals surface area contributed by atoms with E-state index in [0.717, 1.165) is 65.8 Å². The molecule has 12 aromatic carbocycles. The zero-order chi connectivity index (χ0) is 41.9. The van der Waals surface area contributed by atoms with Crippen LogP contribution in [0.5, 0.6) is 0 Å². The first-order valence-corrected chi connectivity index (χ1v) is 22.0. The zero-order valence-electron chi connectivity index (χ0n) is 34.6. The standard InChI is InChI=1S/C62H36O2/c1-3-17-37(18-4-1)55-41-21-7-11-25-45(41)57(46-26-12-8-22-42(46)55)39-31-33-51-53(35-39)63-61-59(51)49-29-15-16-30-50(49)60-52-34-32-40(36-54(52)64-62(60)61)58-47-27-13-9-23-43(47)56(38-19-5-2-6-20-38)44-24-10-14-28-48(44)58/h1-36H. The lowest BCUT2D eigenvalue weighted by Crippen LogP contribution is -1.90. The highest BCUT2D eigenvalue weighted by molar-refractivity contribution is 6.34. The van der Waals surface area contributed by atoms with E-state index in [1.807, 2.05) is 0 Å². The number of hydrogen-bond donors (Lipinski definition) is 0. The van der Waals surface area contributed by atoms with Crippen molar-refractivity contribution >= 4 is 97.7 Å². The van der Waals surface area contributed by atoms with Crippen LogP contribution in [0.25, 0.3) is 142 Å². The maximum Gasteiger partial charge on any atom is 0.179 e. The monoisotopic (exact) mass is 812 g/mol. The summed E-state index contributed by atoms with van der Waals surface area (Å²) in [7, 11) is 0. The molecule has 0 radical (unpaired) electrons. The summed E-state index contributed by atoms with van der Waals surface area (Å²) in [5.74, 6) is 0. The van der Waals surface area contributed by atoms with Gasteiger partial charge in [0, 0.05) is 21.5 Å². The zero-order valence-corrected chi connectivity index (χ0v) is 34.6. The molecule has 0 saturated carbocycles. The second-order valence-electron chi connectivity index (χ2n) is 17.0. The van der Waals surface area contributed by atoms with Crippen LogP contribution in [-0.4, -0.2) is 0 Å². The van der Waals surface area contributed by atoms with Crippen LogP contribution in [0.4, 0.5) is 0 Å². The molecule has 0 spiro atoms. The van der Waals surface area contributed by atoms with E-state index in [0.29, 0.717) is 0 Å². The van der Waals surface area contributed by atoms with Gasteiger partial charge in [-0.05, 0) is 123 Å². The van der Waals surface area contributed by atoms with Gasteiger partial charge in [-0.1, -0.05) is 194 Å². The van der Waals surface area contributed by atoms with E-state index in [2.05, 4.69) is 218 Å². The van der Waals surface area contributed by atoms with Crippen LogP contribution >= 0.6 is 0 Å². The molecule has 0 aliphatic rings. The fourth-order valence-electron chi connectivity index (χ4n) is 11.0. The van der Waals surface area contributed by atoms with E-state index < -0.39 is 0 Å². The minimum Gasteiger partial charge on any atom is -0.452 e.